The summed E-state index contributed by atoms with van der Waals surface area (Å²) >= 11 is 6.26. The Balaban J connectivity index is 1.55. The highest BCUT2D eigenvalue weighted by Crippen LogP contribution is 2.34. The van der Waals surface area contributed by atoms with Crippen LogP contribution >= 0.6 is 11.6 Å². The Labute approximate surface area is 180 Å². The minimum absolute atomic E-state index is 0.0554. The zero-order chi connectivity index (χ0) is 22.8. The Morgan fingerprint density at radius 2 is 2.10 bits per heavy atom. The topological polar surface area (TPSA) is 51.0 Å². The zero-order valence-corrected chi connectivity index (χ0v) is 17.0. The summed E-state index contributed by atoms with van der Waals surface area (Å²) in [6, 6.07) is 9.91. The Kier molecular flexibility index (Phi) is 3.81. The first-order valence-electron chi connectivity index (χ1n) is 10.4. The molecule has 1 aliphatic rings. The van der Waals surface area contributed by atoms with Gasteiger partial charge >= 0.3 is 0 Å². The fourth-order valence-electron chi connectivity index (χ4n) is 3.83. The maximum absolute atomic E-state index is 15.3. The standard InChI is InChI=1S/C23H18ClFN4O/c1-13-8-14(15-5-6-19(24)22-18(15)10-28(2)27-22)9-20(25)17(13)11-29-12-21-16(23(29)30)4-3-7-26-21/h3-10H,11-12H2,1-2H3/i12D2. The molecule has 1 amide bonds. The average molecular weight is 423 g/mol. The van der Waals surface area contributed by atoms with E-state index in [0.29, 0.717) is 21.7 Å². The summed E-state index contributed by atoms with van der Waals surface area (Å²) < 4.78 is 33.8. The van der Waals surface area contributed by atoms with E-state index in [1.165, 1.54) is 18.3 Å². The van der Waals surface area contributed by atoms with Gasteiger partial charge < -0.3 is 4.90 Å². The number of pyridine rings is 1. The van der Waals surface area contributed by atoms with Crippen LogP contribution in [0.2, 0.25) is 5.02 Å². The molecule has 150 valence electrons. The lowest BCUT2D eigenvalue weighted by Crippen LogP contribution is -2.24. The summed E-state index contributed by atoms with van der Waals surface area (Å²) in [5.74, 6) is -1.02. The van der Waals surface area contributed by atoms with Crippen molar-refractivity contribution in [3.8, 4) is 11.1 Å². The van der Waals surface area contributed by atoms with Crippen LogP contribution < -0.4 is 0 Å². The monoisotopic (exact) mass is 422 g/mol. The van der Waals surface area contributed by atoms with E-state index in [2.05, 4.69) is 10.1 Å². The number of aromatic nitrogens is 3. The second kappa shape index (κ2) is 6.92. The van der Waals surface area contributed by atoms with E-state index in [-0.39, 0.29) is 23.4 Å². The molecule has 5 rings (SSSR count). The number of rotatable bonds is 3. The molecule has 0 spiro atoms. The second-order valence-corrected chi connectivity index (χ2v) is 7.72. The van der Waals surface area contributed by atoms with Gasteiger partial charge in [-0.3, -0.25) is 14.5 Å². The molecule has 0 saturated carbocycles. The molecule has 0 aliphatic carbocycles. The van der Waals surface area contributed by atoms with Gasteiger partial charge in [-0.15, -0.1) is 0 Å². The van der Waals surface area contributed by atoms with Gasteiger partial charge in [0.1, 0.15) is 11.3 Å². The van der Waals surface area contributed by atoms with Crippen LogP contribution in [-0.2, 0) is 20.1 Å². The van der Waals surface area contributed by atoms with Gasteiger partial charge in [-0.05, 0) is 47.9 Å². The van der Waals surface area contributed by atoms with E-state index in [1.807, 2.05) is 18.3 Å². The molecule has 2 aromatic heterocycles. The van der Waals surface area contributed by atoms with Gasteiger partial charge in [0.15, 0.2) is 0 Å². The summed E-state index contributed by atoms with van der Waals surface area (Å²) in [6.45, 7) is -0.577. The molecule has 0 unspecified atom stereocenters. The number of halogens is 2. The van der Waals surface area contributed by atoms with Crippen molar-refractivity contribution in [2.75, 3.05) is 0 Å². The Morgan fingerprint density at radius 3 is 2.87 bits per heavy atom. The predicted octanol–water partition coefficient (Wildman–Crippen LogP) is 4.89. The van der Waals surface area contributed by atoms with Crippen LogP contribution in [0.5, 0.6) is 0 Å². The van der Waals surface area contributed by atoms with Crippen molar-refractivity contribution in [2.24, 2.45) is 7.05 Å². The first kappa shape index (κ1) is 16.5. The lowest BCUT2D eigenvalue weighted by atomic mass is 9.97. The molecule has 4 aromatic rings. The molecule has 30 heavy (non-hydrogen) atoms. The number of hydrogen-bond donors (Lipinski definition) is 0. The Hall–Kier alpha value is -3.25. The zero-order valence-electron chi connectivity index (χ0n) is 18.3. The average Bonchev–Trinajstić information content (AvgIpc) is 3.22. The normalized spacial score (nSPS) is 16.0. The van der Waals surface area contributed by atoms with Gasteiger partial charge in [0.2, 0.25) is 0 Å². The van der Waals surface area contributed by atoms with E-state index in [4.69, 9.17) is 14.3 Å². The van der Waals surface area contributed by atoms with E-state index >= 15 is 4.39 Å². The van der Waals surface area contributed by atoms with Crippen LogP contribution in [0.15, 0.2) is 48.8 Å². The van der Waals surface area contributed by atoms with Crippen LogP contribution in [0.3, 0.4) is 0 Å². The van der Waals surface area contributed by atoms with Gasteiger partial charge in [-0.1, -0.05) is 23.7 Å². The van der Waals surface area contributed by atoms with Crippen LogP contribution in [-0.4, -0.2) is 25.6 Å². The third-order valence-electron chi connectivity index (χ3n) is 5.31. The van der Waals surface area contributed by atoms with Gasteiger partial charge in [0.05, 0.1) is 25.5 Å². The van der Waals surface area contributed by atoms with Gasteiger partial charge in [0.25, 0.3) is 5.91 Å². The molecular formula is C23H18ClFN4O. The number of hydrogen-bond acceptors (Lipinski definition) is 3. The summed E-state index contributed by atoms with van der Waals surface area (Å²) in [5, 5.41) is 5.69. The number of carbonyl (C=O) groups is 1. The van der Waals surface area contributed by atoms with Crippen molar-refractivity contribution in [3.05, 3.63) is 82.0 Å². The highest BCUT2D eigenvalue weighted by atomic mass is 35.5. The second-order valence-electron chi connectivity index (χ2n) is 7.32. The number of aryl methyl sites for hydroxylation is 2. The van der Waals surface area contributed by atoms with E-state index in [1.54, 1.807) is 30.8 Å². The van der Waals surface area contributed by atoms with Crippen LogP contribution in [0, 0.1) is 12.7 Å². The molecule has 1 aliphatic heterocycles. The third kappa shape index (κ3) is 2.95. The number of amides is 1. The number of nitrogens with zero attached hydrogens (tertiary/aromatic N) is 4. The minimum Gasteiger partial charge on any atom is -0.328 e. The summed E-state index contributed by atoms with van der Waals surface area (Å²) in [5.41, 5.74) is 3.20. The molecule has 2 aromatic carbocycles. The number of fused-ring (bicyclic) bond motifs is 2. The smallest absolute Gasteiger partial charge is 0.256 e. The predicted molar refractivity (Wildman–Crippen MR) is 114 cm³/mol. The molecule has 5 nitrogen and oxygen atoms in total. The van der Waals surface area contributed by atoms with E-state index < -0.39 is 18.2 Å². The highest BCUT2D eigenvalue weighted by Gasteiger charge is 2.29. The van der Waals surface area contributed by atoms with Crippen molar-refractivity contribution in [1.82, 2.24) is 19.7 Å². The first-order chi connectivity index (χ1) is 15.2. The number of carbonyl (C=O) groups excluding carboxylic acids is 1. The van der Waals surface area contributed by atoms with Crippen LogP contribution in [0.25, 0.3) is 22.0 Å². The molecule has 0 saturated heterocycles. The van der Waals surface area contributed by atoms with Crippen molar-refractivity contribution in [3.63, 3.8) is 0 Å². The quantitative estimate of drug-likeness (QED) is 0.472. The fourth-order valence-corrected chi connectivity index (χ4v) is 4.03. The van der Waals surface area contributed by atoms with Gasteiger partial charge in [0, 0.05) is 36.9 Å². The lowest BCUT2D eigenvalue weighted by molar-refractivity contribution is 0.0764. The fraction of sp³-hybridized carbons (Fsp3) is 0.174. The molecule has 0 bridgehead atoms. The minimum atomic E-state index is -2.12. The third-order valence-corrected chi connectivity index (χ3v) is 5.62. The van der Waals surface area contributed by atoms with Crippen molar-refractivity contribution in [2.45, 2.75) is 20.0 Å². The Bertz CT molecular complexity index is 1400. The van der Waals surface area contributed by atoms with Gasteiger partial charge in [-0.25, -0.2) is 4.39 Å². The van der Waals surface area contributed by atoms with Crippen LogP contribution in [0.1, 0.15) is 29.9 Å². The van der Waals surface area contributed by atoms with Crippen molar-refractivity contribution < 1.29 is 11.9 Å². The largest absolute Gasteiger partial charge is 0.328 e. The summed E-state index contributed by atoms with van der Waals surface area (Å²) in [6.07, 6.45) is 3.28. The van der Waals surface area contributed by atoms with Crippen LogP contribution in [0.4, 0.5) is 4.39 Å². The first-order valence-corrected chi connectivity index (χ1v) is 9.75. The molecule has 0 atom stereocenters. The molecule has 7 heteroatoms. The molecule has 0 radical (unpaired) electrons. The molecule has 3 heterocycles. The lowest BCUT2D eigenvalue weighted by Gasteiger charge is -2.18. The van der Waals surface area contributed by atoms with Crippen molar-refractivity contribution in [1.29, 1.82) is 0 Å². The SMILES string of the molecule is [2H]C1([2H])c2ncccc2C(=O)N1Cc1c(C)cc(-c2ccc(Cl)c3nn(C)cc23)cc1F. The maximum atomic E-state index is 15.3. The Morgan fingerprint density at radius 1 is 1.27 bits per heavy atom. The van der Waals surface area contributed by atoms with Crippen molar-refractivity contribution >= 4 is 28.4 Å². The molecule has 0 N–H and O–H groups in total. The summed E-state index contributed by atoms with van der Waals surface area (Å²) in [4.78, 5) is 17.9. The number of benzene rings is 2. The molecular weight excluding hydrogens is 403 g/mol. The van der Waals surface area contributed by atoms with E-state index in [9.17, 15) is 4.79 Å². The maximum Gasteiger partial charge on any atom is 0.256 e. The van der Waals surface area contributed by atoms with E-state index in [0.717, 1.165) is 15.8 Å². The summed E-state index contributed by atoms with van der Waals surface area (Å²) in [7, 11) is 1.79. The molecule has 0 fully saturated rings. The highest BCUT2D eigenvalue weighted by molar-refractivity contribution is 6.35. The van der Waals surface area contributed by atoms with Gasteiger partial charge in [-0.2, -0.15) is 5.10 Å².